The molecule has 174 valence electrons. The Morgan fingerprint density at radius 1 is 0.939 bits per heavy atom. The van der Waals surface area contributed by atoms with E-state index in [0.29, 0.717) is 11.3 Å². The number of hydrogen-bond donors (Lipinski definition) is 2. The maximum absolute atomic E-state index is 12.6. The molecule has 7 heteroatoms. The van der Waals surface area contributed by atoms with Gasteiger partial charge < -0.3 is 25.0 Å². The summed E-state index contributed by atoms with van der Waals surface area (Å²) in [5.74, 6) is 0.0208. The summed E-state index contributed by atoms with van der Waals surface area (Å²) in [6.07, 6.45) is 4.20. The monoisotopic (exact) mass is 447 g/mol. The molecule has 0 radical (unpaired) electrons. The molecule has 2 N–H and O–H groups in total. The van der Waals surface area contributed by atoms with Crippen LogP contribution >= 0.6 is 0 Å². The summed E-state index contributed by atoms with van der Waals surface area (Å²) in [7, 11) is 0. The van der Waals surface area contributed by atoms with Crippen LogP contribution < -0.4 is 10.6 Å². The number of carbonyl (C=O) groups excluding carboxylic acids is 2. The minimum absolute atomic E-state index is 0.0208. The topological polar surface area (TPSA) is 69.6 Å². The molecule has 4 rings (SSSR count). The van der Waals surface area contributed by atoms with Gasteiger partial charge in [0.25, 0.3) is 5.91 Å². The van der Waals surface area contributed by atoms with Crippen LogP contribution in [0, 0.1) is 0 Å². The molecule has 0 saturated carbocycles. The molecular formula is C26H33N5O2. The van der Waals surface area contributed by atoms with Crippen LogP contribution in [0.5, 0.6) is 0 Å². The average Bonchev–Trinajstić information content (AvgIpc) is 3.49. The molecule has 2 heterocycles. The third-order valence-electron chi connectivity index (χ3n) is 6.34. The van der Waals surface area contributed by atoms with Crippen LogP contribution in [0.15, 0.2) is 54.7 Å². The van der Waals surface area contributed by atoms with Gasteiger partial charge in [-0.15, -0.1) is 0 Å². The highest BCUT2D eigenvalue weighted by Gasteiger charge is 2.19. The molecule has 0 spiro atoms. The lowest BCUT2D eigenvalue weighted by Crippen LogP contribution is -2.27. The van der Waals surface area contributed by atoms with Gasteiger partial charge in [0.05, 0.1) is 0 Å². The minimum atomic E-state index is -0.332. The molecule has 1 aromatic heterocycles. The van der Waals surface area contributed by atoms with E-state index in [1.54, 1.807) is 24.3 Å². The van der Waals surface area contributed by atoms with Crippen molar-refractivity contribution < 1.29 is 9.59 Å². The van der Waals surface area contributed by atoms with E-state index in [1.165, 1.54) is 0 Å². The first kappa shape index (κ1) is 22.9. The Morgan fingerprint density at radius 2 is 1.67 bits per heavy atom. The lowest BCUT2D eigenvalue weighted by Gasteiger charge is -2.18. The number of carbonyl (C=O) groups is 2. The number of aromatic nitrogens is 1. The van der Waals surface area contributed by atoms with Crippen molar-refractivity contribution in [3.63, 3.8) is 0 Å². The first-order chi connectivity index (χ1) is 16.1. The summed E-state index contributed by atoms with van der Waals surface area (Å²) in [4.78, 5) is 29.5. The van der Waals surface area contributed by atoms with E-state index in [4.69, 9.17) is 0 Å². The molecule has 3 amide bonds. The Balaban J connectivity index is 1.38. The fraction of sp³-hybridized carbons (Fsp3) is 0.385. The summed E-state index contributed by atoms with van der Waals surface area (Å²) in [6, 6.07) is 14.8. The zero-order chi connectivity index (χ0) is 23.2. The van der Waals surface area contributed by atoms with E-state index in [0.717, 1.165) is 68.7 Å². The molecule has 1 aliphatic rings. The molecular weight excluding hydrogens is 414 g/mol. The van der Waals surface area contributed by atoms with E-state index in [1.807, 2.05) is 23.1 Å². The summed E-state index contributed by atoms with van der Waals surface area (Å²) in [5, 5.41) is 6.83. The Labute approximate surface area is 195 Å². The number of amides is 3. The van der Waals surface area contributed by atoms with Crippen LogP contribution in [0.1, 0.15) is 37.0 Å². The van der Waals surface area contributed by atoms with Gasteiger partial charge in [-0.1, -0.05) is 19.9 Å². The number of likely N-dealkylation sites (tertiary alicyclic amines) is 1. The van der Waals surface area contributed by atoms with Crippen molar-refractivity contribution in [2.24, 2.45) is 0 Å². The van der Waals surface area contributed by atoms with Crippen LogP contribution in [0.25, 0.3) is 10.9 Å². The van der Waals surface area contributed by atoms with Crippen molar-refractivity contribution in [2.45, 2.75) is 33.2 Å². The second-order valence-electron chi connectivity index (χ2n) is 8.47. The van der Waals surface area contributed by atoms with Gasteiger partial charge in [0.2, 0.25) is 0 Å². The Bertz CT molecular complexity index is 1110. The normalized spacial score (nSPS) is 13.6. The molecule has 0 atom stereocenters. The quantitative estimate of drug-likeness (QED) is 0.518. The number of urea groups is 1. The van der Waals surface area contributed by atoms with E-state index >= 15 is 0 Å². The molecule has 1 saturated heterocycles. The van der Waals surface area contributed by atoms with Gasteiger partial charge in [-0.25, -0.2) is 4.79 Å². The number of likely N-dealkylation sites (N-methyl/N-ethyl adjacent to an activating group) is 1. The minimum Gasteiger partial charge on any atom is -0.346 e. The number of nitrogens with one attached hydrogen (secondary N) is 2. The van der Waals surface area contributed by atoms with E-state index < -0.39 is 0 Å². The lowest BCUT2D eigenvalue weighted by atomic mass is 10.2. The van der Waals surface area contributed by atoms with Crippen molar-refractivity contribution >= 4 is 34.2 Å². The first-order valence-corrected chi connectivity index (χ1v) is 11.9. The van der Waals surface area contributed by atoms with Gasteiger partial charge in [-0.2, -0.15) is 0 Å². The first-order valence-electron chi connectivity index (χ1n) is 11.9. The SMILES string of the molecule is CCN(CC)CCn1ccc2cc(NC(=O)Nc3cccc(C(=O)N4CCCC4)c3)ccc21. The second kappa shape index (κ2) is 10.5. The molecule has 0 aliphatic carbocycles. The number of hydrogen-bond acceptors (Lipinski definition) is 3. The van der Waals surface area contributed by atoms with Crippen LogP contribution in [0.3, 0.4) is 0 Å². The molecule has 1 aliphatic heterocycles. The molecule has 33 heavy (non-hydrogen) atoms. The van der Waals surface area contributed by atoms with Gasteiger partial charge in [-0.05, 0) is 68.4 Å². The molecule has 0 bridgehead atoms. The number of fused-ring (bicyclic) bond motifs is 1. The summed E-state index contributed by atoms with van der Waals surface area (Å²) >= 11 is 0. The van der Waals surface area contributed by atoms with Crippen LogP contribution in [-0.2, 0) is 6.54 Å². The zero-order valence-corrected chi connectivity index (χ0v) is 19.5. The van der Waals surface area contributed by atoms with Crippen LogP contribution in [0.2, 0.25) is 0 Å². The summed E-state index contributed by atoms with van der Waals surface area (Å²) < 4.78 is 2.25. The molecule has 0 unspecified atom stereocenters. The van der Waals surface area contributed by atoms with Gasteiger partial charge in [-0.3, -0.25) is 4.79 Å². The Morgan fingerprint density at radius 3 is 2.39 bits per heavy atom. The van der Waals surface area contributed by atoms with Crippen molar-refractivity contribution in [2.75, 3.05) is 43.4 Å². The predicted molar refractivity (Wildman–Crippen MR) is 134 cm³/mol. The fourth-order valence-electron chi connectivity index (χ4n) is 4.39. The maximum Gasteiger partial charge on any atom is 0.323 e. The highest BCUT2D eigenvalue weighted by atomic mass is 16.2. The van der Waals surface area contributed by atoms with Crippen molar-refractivity contribution in [3.05, 3.63) is 60.3 Å². The number of rotatable bonds is 8. The molecule has 7 nitrogen and oxygen atoms in total. The lowest BCUT2D eigenvalue weighted by molar-refractivity contribution is 0.0793. The number of nitrogens with zero attached hydrogens (tertiary/aromatic N) is 3. The van der Waals surface area contributed by atoms with Gasteiger partial charge in [0.1, 0.15) is 0 Å². The molecule has 1 fully saturated rings. The predicted octanol–water partition coefficient (Wildman–Crippen LogP) is 4.86. The van der Waals surface area contributed by atoms with E-state index in [9.17, 15) is 9.59 Å². The smallest absolute Gasteiger partial charge is 0.323 e. The van der Waals surface area contributed by atoms with Crippen LogP contribution in [-0.4, -0.2) is 59.0 Å². The highest BCUT2D eigenvalue weighted by molar-refractivity contribution is 6.02. The Kier molecular flexibility index (Phi) is 7.29. The van der Waals surface area contributed by atoms with Crippen molar-refractivity contribution in [1.82, 2.24) is 14.4 Å². The number of anilines is 2. The Hall–Kier alpha value is -3.32. The van der Waals surface area contributed by atoms with Crippen molar-refractivity contribution in [1.29, 1.82) is 0 Å². The second-order valence-corrected chi connectivity index (χ2v) is 8.47. The average molecular weight is 448 g/mol. The van der Waals surface area contributed by atoms with Gasteiger partial charge >= 0.3 is 6.03 Å². The maximum atomic E-state index is 12.6. The third kappa shape index (κ3) is 5.54. The molecule has 2 aromatic carbocycles. The fourth-order valence-corrected chi connectivity index (χ4v) is 4.39. The summed E-state index contributed by atoms with van der Waals surface area (Å²) in [5.41, 5.74) is 3.08. The van der Waals surface area contributed by atoms with Gasteiger partial charge in [0, 0.05) is 60.2 Å². The van der Waals surface area contributed by atoms with Crippen LogP contribution in [0.4, 0.5) is 16.2 Å². The standard InChI is InChI=1S/C26H33N5O2/c1-3-29(4-2)16-17-30-15-12-20-18-23(10-11-24(20)30)28-26(33)27-22-9-7-8-21(19-22)25(32)31-13-5-6-14-31/h7-12,15,18-19H,3-6,13-14,16-17H2,1-2H3,(H2,27,28,33). The van der Waals surface area contributed by atoms with Crippen molar-refractivity contribution in [3.8, 4) is 0 Å². The van der Waals surface area contributed by atoms with E-state index in [2.05, 4.69) is 46.2 Å². The number of benzene rings is 2. The zero-order valence-electron chi connectivity index (χ0n) is 19.5. The van der Waals surface area contributed by atoms with Gasteiger partial charge in [0.15, 0.2) is 0 Å². The summed E-state index contributed by atoms with van der Waals surface area (Å²) in [6.45, 7) is 10.0. The highest BCUT2D eigenvalue weighted by Crippen LogP contribution is 2.21. The largest absolute Gasteiger partial charge is 0.346 e. The molecule has 3 aromatic rings. The van der Waals surface area contributed by atoms with E-state index in [-0.39, 0.29) is 11.9 Å². The third-order valence-corrected chi connectivity index (χ3v) is 6.34.